The van der Waals surface area contributed by atoms with Crippen LogP contribution in [0.15, 0.2) is 24.3 Å². The van der Waals surface area contributed by atoms with E-state index in [1.807, 2.05) is 4.90 Å². The maximum absolute atomic E-state index is 13.9. The fraction of sp³-hybridized carbons (Fsp3) is 0.522. The number of alkyl halides is 3. The van der Waals surface area contributed by atoms with Gasteiger partial charge in [-0.15, -0.1) is 0 Å². The number of aliphatic hydroxyl groups is 1. The van der Waals surface area contributed by atoms with Crippen molar-refractivity contribution in [3.63, 3.8) is 0 Å². The average Bonchev–Trinajstić information content (AvgIpc) is 2.81. The van der Waals surface area contributed by atoms with Gasteiger partial charge in [0.05, 0.1) is 5.54 Å². The zero-order valence-corrected chi connectivity index (χ0v) is 19.0. The highest BCUT2D eigenvalue weighted by atomic mass is 19.4. The van der Waals surface area contributed by atoms with E-state index >= 15 is 0 Å². The minimum absolute atomic E-state index is 0.0802. The zero-order chi connectivity index (χ0) is 25.4. The van der Waals surface area contributed by atoms with E-state index < -0.39 is 36.1 Å². The molecule has 12 heteroatoms. The summed E-state index contributed by atoms with van der Waals surface area (Å²) in [6.07, 6.45) is -4.09. The molecule has 1 aromatic heterocycles. The second kappa shape index (κ2) is 9.56. The van der Waals surface area contributed by atoms with Crippen molar-refractivity contribution < 1.29 is 36.6 Å². The normalized spacial score (nSPS) is 19.2. The standard InChI is InChI=1S/C23H25F5N4O3/c1-14(23(26,27)28)35-20-12-19(29-18(13-33)30-20)31-9-7-22(8-10-31)6-2-3-21(34)32(22)15-4-5-16(24)17(25)11-15/h4-5,11-12,14,33H,2-3,6-10,13H2,1H3/t14-/m1/s1. The molecule has 0 bridgehead atoms. The molecule has 1 atom stereocenters. The number of hydrogen-bond donors (Lipinski definition) is 1. The van der Waals surface area contributed by atoms with Crippen LogP contribution < -0.4 is 14.5 Å². The van der Waals surface area contributed by atoms with Crippen molar-refractivity contribution in [2.75, 3.05) is 22.9 Å². The van der Waals surface area contributed by atoms with E-state index in [9.17, 15) is 31.9 Å². The van der Waals surface area contributed by atoms with Gasteiger partial charge in [0.25, 0.3) is 0 Å². The number of rotatable bonds is 5. The highest BCUT2D eigenvalue weighted by Gasteiger charge is 2.45. The largest absolute Gasteiger partial charge is 0.465 e. The third-order valence-corrected chi connectivity index (χ3v) is 6.57. The van der Waals surface area contributed by atoms with Gasteiger partial charge in [0, 0.05) is 37.3 Å². The van der Waals surface area contributed by atoms with Crippen LogP contribution in [0.25, 0.3) is 0 Å². The molecule has 0 aliphatic carbocycles. The van der Waals surface area contributed by atoms with Crippen LogP contribution >= 0.6 is 0 Å². The van der Waals surface area contributed by atoms with Crippen molar-refractivity contribution in [2.24, 2.45) is 0 Å². The SMILES string of the molecule is C[C@@H](Oc1cc(N2CCC3(CCCC(=O)N3c3ccc(F)c(F)c3)CC2)nc(CO)n1)C(F)(F)F. The summed E-state index contributed by atoms with van der Waals surface area (Å²) in [5.74, 6) is -2.29. The maximum atomic E-state index is 13.9. The molecule has 2 aromatic rings. The first-order chi connectivity index (χ1) is 16.5. The monoisotopic (exact) mass is 500 g/mol. The highest BCUT2D eigenvalue weighted by Crippen LogP contribution is 2.42. The topological polar surface area (TPSA) is 78.8 Å². The van der Waals surface area contributed by atoms with Gasteiger partial charge in [-0.05, 0) is 44.7 Å². The maximum Gasteiger partial charge on any atom is 0.425 e. The van der Waals surface area contributed by atoms with E-state index in [0.29, 0.717) is 56.7 Å². The summed E-state index contributed by atoms with van der Waals surface area (Å²) >= 11 is 0. The van der Waals surface area contributed by atoms with Crippen molar-refractivity contribution >= 4 is 17.4 Å². The lowest BCUT2D eigenvalue weighted by Gasteiger charge is -2.51. The molecule has 1 spiro atoms. The Hall–Kier alpha value is -3.02. The number of piperidine rings is 2. The minimum atomic E-state index is -4.58. The summed E-state index contributed by atoms with van der Waals surface area (Å²) in [4.78, 5) is 24.3. The van der Waals surface area contributed by atoms with Crippen LogP contribution in [0, 0.1) is 11.6 Å². The van der Waals surface area contributed by atoms with Crippen molar-refractivity contribution in [2.45, 2.75) is 63.5 Å². The molecular formula is C23H25F5N4O3. The zero-order valence-electron chi connectivity index (χ0n) is 19.0. The molecule has 3 heterocycles. The van der Waals surface area contributed by atoms with E-state index in [2.05, 4.69) is 9.97 Å². The number of ether oxygens (including phenoxy) is 1. The molecule has 0 radical (unpaired) electrons. The Morgan fingerprint density at radius 1 is 1.11 bits per heavy atom. The molecule has 1 N–H and O–H groups in total. The first-order valence-electron chi connectivity index (χ1n) is 11.3. The third-order valence-electron chi connectivity index (χ3n) is 6.57. The van der Waals surface area contributed by atoms with Gasteiger partial charge in [-0.25, -0.2) is 13.8 Å². The lowest BCUT2D eigenvalue weighted by molar-refractivity contribution is -0.190. The molecule has 2 aliphatic rings. The van der Waals surface area contributed by atoms with Gasteiger partial charge in [0.2, 0.25) is 11.8 Å². The summed E-state index contributed by atoms with van der Waals surface area (Å²) in [5, 5.41) is 9.49. The summed E-state index contributed by atoms with van der Waals surface area (Å²) < 4.78 is 71.1. The molecule has 0 saturated carbocycles. The highest BCUT2D eigenvalue weighted by molar-refractivity contribution is 5.95. The molecule has 7 nitrogen and oxygen atoms in total. The smallest absolute Gasteiger partial charge is 0.425 e. The van der Waals surface area contributed by atoms with Crippen LogP contribution in [0.5, 0.6) is 5.88 Å². The van der Waals surface area contributed by atoms with E-state index in [1.54, 1.807) is 4.90 Å². The molecule has 2 saturated heterocycles. The Morgan fingerprint density at radius 3 is 2.46 bits per heavy atom. The minimum Gasteiger partial charge on any atom is -0.465 e. The van der Waals surface area contributed by atoms with Crippen LogP contribution in [-0.4, -0.2) is 51.9 Å². The summed E-state index contributed by atoms with van der Waals surface area (Å²) in [6, 6.07) is 4.70. The number of nitrogens with zero attached hydrogens (tertiary/aromatic N) is 4. The number of carbonyl (C=O) groups is 1. The second-order valence-corrected chi connectivity index (χ2v) is 8.83. The van der Waals surface area contributed by atoms with Gasteiger partial charge in [-0.3, -0.25) is 4.79 Å². The Balaban J connectivity index is 1.56. The number of benzene rings is 1. The lowest BCUT2D eigenvalue weighted by atomic mass is 9.78. The molecule has 2 fully saturated rings. The van der Waals surface area contributed by atoms with Crippen LogP contribution in [0.3, 0.4) is 0 Å². The molecule has 190 valence electrons. The Bertz CT molecular complexity index is 1090. The summed E-state index contributed by atoms with van der Waals surface area (Å²) in [5.41, 5.74) is -0.309. The summed E-state index contributed by atoms with van der Waals surface area (Å²) in [7, 11) is 0. The van der Waals surface area contributed by atoms with Crippen molar-refractivity contribution in [1.82, 2.24) is 9.97 Å². The number of aromatic nitrogens is 2. The fourth-order valence-electron chi connectivity index (χ4n) is 4.72. The molecule has 1 aromatic carbocycles. The first kappa shape index (κ1) is 25.1. The van der Waals surface area contributed by atoms with E-state index in [4.69, 9.17) is 4.74 Å². The number of hydrogen-bond acceptors (Lipinski definition) is 6. The van der Waals surface area contributed by atoms with Crippen molar-refractivity contribution in [1.29, 1.82) is 0 Å². The molecule has 2 aliphatic heterocycles. The van der Waals surface area contributed by atoms with Gasteiger partial charge in [0.1, 0.15) is 12.4 Å². The Labute approximate surface area is 198 Å². The van der Waals surface area contributed by atoms with Crippen molar-refractivity contribution in [3.8, 4) is 5.88 Å². The number of halogens is 5. The van der Waals surface area contributed by atoms with Crippen LogP contribution in [0.2, 0.25) is 0 Å². The third kappa shape index (κ3) is 5.16. The number of anilines is 2. The number of amides is 1. The van der Waals surface area contributed by atoms with Gasteiger partial charge < -0.3 is 19.6 Å². The number of carbonyl (C=O) groups excluding carboxylic acids is 1. The van der Waals surface area contributed by atoms with E-state index in [-0.39, 0.29) is 17.6 Å². The van der Waals surface area contributed by atoms with Crippen LogP contribution in [-0.2, 0) is 11.4 Å². The van der Waals surface area contributed by atoms with Crippen LogP contribution in [0.4, 0.5) is 33.5 Å². The quantitative estimate of drug-likeness (QED) is 0.622. The second-order valence-electron chi connectivity index (χ2n) is 8.83. The molecule has 1 amide bonds. The predicted octanol–water partition coefficient (Wildman–Crippen LogP) is 4.13. The molecule has 35 heavy (non-hydrogen) atoms. The average molecular weight is 500 g/mol. The molecule has 4 rings (SSSR count). The van der Waals surface area contributed by atoms with Gasteiger partial charge in [0.15, 0.2) is 23.6 Å². The van der Waals surface area contributed by atoms with Crippen molar-refractivity contribution in [3.05, 3.63) is 41.7 Å². The molecule has 0 unspecified atom stereocenters. The molecular weight excluding hydrogens is 475 g/mol. The van der Waals surface area contributed by atoms with Gasteiger partial charge in [-0.1, -0.05) is 0 Å². The Kier molecular flexibility index (Phi) is 6.85. The van der Waals surface area contributed by atoms with Gasteiger partial charge in [-0.2, -0.15) is 18.2 Å². The lowest BCUT2D eigenvalue weighted by Crippen LogP contribution is -2.60. The van der Waals surface area contributed by atoms with E-state index in [0.717, 1.165) is 19.1 Å². The Morgan fingerprint density at radius 2 is 1.83 bits per heavy atom. The predicted molar refractivity (Wildman–Crippen MR) is 116 cm³/mol. The summed E-state index contributed by atoms with van der Waals surface area (Å²) in [6.45, 7) is 1.06. The van der Waals surface area contributed by atoms with E-state index in [1.165, 1.54) is 12.1 Å². The fourth-order valence-corrected chi connectivity index (χ4v) is 4.72. The first-order valence-corrected chi connectivity index (χ1v) is 11.3. The number of aliphatic hydroxyl groups excluding tert-OH is 1. The van der Waals surface area contributed by atoms with Gasteiger partial charge >= 0.3 is 6.18 Å². The van der Waals surface area contributed by atoms with Crippen LogP contribution in [0.1, 0.15) is 44.9 Å².